The number of halogens is 1. The summed E-state index contributed by atoms with van der Waals surface area (Å²) in [5.74, 6) is 0.968. The number of carbonyl (C=O) groups excluding carboxylic acids is 1. The molecule has 1 saturated heterocycles. The molecule has 4 heteroatoms. The van der Waals surface area contributed by atoms with E-state index in [9.17, 15) is 4.79 Å². The highest BCUT2D eigenvalue weighted by atomic mass is 35.5. The summed E-state index contributed by atoms with van der Waals surface area (Å²) >= 11 is 7.25. The molecule has 1 aromatic rings. The second kappa shape index (κ2) is 5.51. The van der Waals surface area contributed by atoms with Crippen LogP contribution in [-0.2, 0) is 0 Å². The zero-order valence-corrected chi connectivity index (χ0v) is 11.9. The van der Waals surface area contributed by atoms with E-state index >= 15 is 0 Å². The van der Waals surface area contributed by atoms with Gasteiger partial charge in [-0.3, -0.25) is 9.69 Å². The third-order valence-corrected chi connectivity index (χ3v) is 4.88. The first-order valence-electron chi connectivity index (χ1n) is 6.15. The summed E-state index contributed by atoms with van der Waals surface area (Å²) in [4.78, 5) is 15.3. The van der Waals surface area contributed by atoms with Crippen LogP contribution in [0.4, 0.5) is 0 Å². The molecule has 0 bridgehead atoms. The van der Waals surface area contributed by atoms with Crippen LogP contribution >= 0.6 is 22.9 Å². The molecule has 94 valence electrons. The smallest absolute Gasteiger partial charge is 0.189 e. The van der Waals surface area contributed by atoms with E-state index in [1.54, 1.807) is 6.07 Å². The lowest BCUT2D eigenvalue weighted by Gasteiger charge is -2.22. The van der Waals surface area contributed by atoms with Crippen LogP contribution in [0.2, 0.25) is 4.34 Å². The van der Waals surface area contributed by atoms with Gasteiger partial charge in [0.25, 0.3) is 0 Å². The fourth-order valence-corrected chi connectivity index (χ4v) is 3.43. The van der Waals surface area contributed by atoms with Gasteiger partial charge in [-0.05, 0) is 37.9 Å². The van der Waals surface area contributed by atoms with Gasteiger partial charge in [0.05, 0.1) is 15.3 Å². The van der Waals surface area contributed by atoms with Crippen LogP contribution in [0.3, 0.4) is 0 Å². The predicted molar refractivity (Wildman–Crippen MR) is 73.1 cm³/mol. The Bertz CT molecular complexity index is 404. The average molecular weight is 272 g/mol. The first-order chi connectivity index (χ1) is 8.11. The van der Waals surface area contributed by atoms with Gasteiger partial charge in [0.15, 0.2) is 5.78 Å². The molecule has 2 rings (SSSR count). The van der Waals surface area contributed by atoms with Crippen LogP contribution in [0.1, 0.15) is 36.4 Å². The van der Waals surface area contributed by atoms with Crippen LogP contribution in [-0.4, -0.2) is 29.8 Å². The van der Waals surface area contributed by atoms with Crippen molar-refractivity contribution >= 4 is 28.7 Å². The van der Waals surface area contributed by atoms with Gasteiger partial charge in [0.2, 0.25) is 0 Å². The predicted octanol–water partition coefficient (Wildman–Crippen LogP) is 3.70. The summed E-state index contributed by atoms with van der Waals surface area (Å²) in [7, 11) is 0. The van der Waals surface area contributed by atoms with E-state index in [0.717, 1.165) is 23.9 Å². The van der Waals surface area contributed by atoms with Crippen LogP contribution in [0.5, 0.6) is 0 Å². The summed E-state index contributed by atoms with van der Waals surface area (Å²) in [5, 5.41) is 0. The molecule has 0 amide bonds. The van der Waals surface area contributed by atoms with Crippen LogP contribution in [0, 0.1) is 5.92 Å². The van der Waals surface area contributed by atoms with Gasteiger partial charge in [0, 0.05) is 6.54 Å². The van der Waals surface area contributed by atoms with E-state index in [1.807, 2.05) is 13.0 Å². The number of nitrogens with zero attached hydrogens (tertiary/aromatic N) is 1. The molecule has 2 atom stereocenters. The molecular formula is C13H18ClNOS. The van der Waals surface area contributed by atoms with E-state index in [0.29, 0.717) is 4.34 Å². The summed E-state index contributed by atoms with van der Waals surface area (Å²) in [6.07, 6.45) is 2.43. The molecule has 1 fully saturated rings. The molecule has 0 aliphatic carbocycles. The molecule has 0 radical (unpaired) electrons. The third kappa shape index (κ3) is 2.90. The summed E-state index contributed by atoms with van der Waals surface area (Å²) in [6, 6.07) is 3.62. The number of thiophene rings is 1. The van der Waals surface area contributed by atoms with Crippen molar-refractivity contribution in [1.29, 1.82) is 0 Å². The zero-order chi connectivity index (χ0) is 12.4. The molecule has 2 unspecified atom stereocenters. The Labute approximate surface area is 112 Å². The van der Waals surface area contributed by atoms with Crippen molar-refractivity contribution in [2.75, 3.05) is 13.1 Å². The van der Waals surface area contributed by atoms with E-state index in [1.165, 1.54) is 24.2 Å². The lowest BCUT2D eigenvalue weighted by molar-refractivity contribution is 0.0867. The number of likely N-dealkylation sites (tertiary alicyclic amines) is 1. The topological polar surface area (TPSA) is 20.3 Å². The van der Waals surface area contributed by atoms with Gasteiger partial charge in [-0.15, -0.1) is 11.3 Å². The summed E-state index contributed by atoms with van der Waals surface area (Å²) in [5.41, 5.74) is 0. The van der Waals surface area contributed by atoms with E-state index in [-0.39, 0.29) is 11.8 Å². The Morgan fingerprint density at radius 2 is 2.41 bits per heavy atom. The van der Waals surface area contributed by atoms with Crippen LogP contribution < -0.4 is 0 Å². The van der Waals surface area contributed by atoms with Crippen molar-refractivity contribution < 1.29 is 4.79 Å². The number of hydrogen-bond acceptors (Lipinski definition) is 3. The van der Waals surface area contributed by atoms with Crippen LogP contribution in [0.15, 0.2) is 12.1 Å². The lowest BCUT2D eigenvalue weighted by atomic mass is 10.1. The van der Waals surface area contributed by atoms with E-state index in [4.69, 9.17) is 11.6 Å². The number of hydrogen-bond donors (Lipinski definition) is 0. The third-order valence-electron chi connectivity index (χ3n) is 3.64. The molecule has 0 spiro atoms. The minimum atomic E-state index is -0.0127. The van der Waals surface area contributed by atoms with Crippen molar-refractivity contribution in [3.05, 3.63) is 21.3 Å². The second-order valence-electron chi connectivity index (χ2n) is 4.70. The maximum absolute atomic E-state index is 12.3. The highest BCUT2D eigenvalue weighted by Crippen LogP contribution is 2.26. The molecule has 1 aliphatic rings. The molecule has 2 heterocycles. The van der Waals surface area contributed by atoms with Gasteiger partial charge in [-0.1, -0.05) is 24.9 Å². The van der Waals surface area contributed by atoms with Gasteiger partial charge in [0.1, 0.15) is 0 Å². The van der Waals surface area contributed by atoms with Crippen molar-refractivity contribution in [2.45, 2.75) is 32.7 Å². The minimum absolute atomic E-state index is 0.0127. The summed E-state index contributed by atoms with van der Waals surface area (Å²) in [6.45, 7) is 6.33. The Morgan fingerprint density at radius 3 is 2.94 bits per heavy atom. The standard InChI is InChI=1S/C13H18ClNOS/c1-3-10-6-7-15(8-10)9(2)13(16)11-4-5-12(14)17-11/h4-5,9-10H,3,6-8H2,1-2H3. The second-order valence-corrected chi connectivity index (χ2v) is 6.42. The Balaban J connectivity index is 2.00. The number of Topliss-reactive ketones (excluding diaryl/α,β-unsaturated/α-hetero) is 1. The number of ketones is 1. The Kier molecular flexibility index (Phi) is 4.23. The molecule has 0 saturated carbocycles. The SMILES string of the molecule is CCC1CCN(C(C)C(=O)c2ccc(Cl)s2)C1. The number of carbonyl (C=O) groups is 1. The van der Waals surface area contributed by atoms with Crippen molar-refractivity contribution in [2.24, 2.45) is 5.92 Å². The van der Waals surface area contributed by atoms with Gasteiger partial charge in [-0.2, -0.15) is 0 Å². The molecule has 2 nitrogen and oxygen atoms in total. The molecule has 1 aliphatic heterocycles. The molecule has 17 heavy (non-hydrogen) atoms. The highest BCUT2D eigenvalue weighted by molar-refractivity contribution is 7.18. The van der Waals surface area contributed by atoms with Crippen molar-refractivity contribution in [3.8, 4) is 0 Å². The van der Waals surface area contributed by atoms with Crippen molar-refractivity contribution in [3.63, 3.8) is 0 Å². The number of rotatable bonds is 4. The first kappa shape index (κ1) is 13.1. The normalized spacial score (nSPS) is 22.9. The maximum atomic E-state index is 12.3. The average Bonchev–Trinajstić information content (AvgIpc) is 2.95. The van der Waals surface area contributed by atoms with Crippen LogP contribution in [0.25, 0.3) is 0 Å². The minimum Gasteiger partial charge on any atom is -0.293 e. The Hall–Kier alpha value is -0.380. The monoisotopic (exact) mass is 271 g/mol. The van der Waals surface area contributed by atoms with Crippen molar-refractivity contribution in [1.82, 2.24) is 4.90 Å². The quantitative estimate of drug-likeness (QED) is 0.778. The largest absolute Gasteiger partial charge is 0.293 e. The summed E-state index contributed by atoms with van der Waals surface area (Å²) < 4.78 is 0.688. The lowest BCUT2D eigenvalue weighted by Crippen LogP contribution is -2.37. The fraction of sp³-hybridized carbons (Fsp3) is 0.615. The molecular weight excluding hydrogens is 254 g/mol. The van der Waals surface area contributed by atoms with Gasteiger partial charge in [-0.25, -0.2) is 0 Å². The van der Waals surface area contributed by atoms with E-state index < -0.39 is 0 Å². The maximum Gasteiger partial charge on any atom is 0.189 e. The Morgan fingerprint density at radius 1 is 1.65 bits per heavy atom. The first-order valence-corrected chi connectivity index (χ1v) is 7.35. The van der Waals surface area contributed by atoms with Gasteiger partial charge < -0.3 is 0 Å². The van der Waals surface area contributed by atoms with E-state index in [2.05, 4.69) is 11.8 Å². The molecule has 0 N–H and O–H groups in total. The zero-order valence-electron chi connectivity index (χ0n) is 10.3. The fourth-order valence-electron chi connectivity index (χ4n) is 2.37. The van der Waals surface area contributed by atoms with Gasteiger partial charge >= 0.3 is 0 Å². The molecule has 0 aromatic carbocycles. The highest BCUT2D eigenvalue weighted by Gasteiger charge is 2.29. The molecule has 1 aromatic heterocycles.